The first-order valence-electron chi connectivity index (χ1n) is 7.21. The van der Waals surface area contributed by atoms with Crippen LogP contribution in [0.15, 0.2) is 0 Å². The second kappa shape index (κ2) is 3.67. The molecule has 18 heavy (non-hydrogen) atoms. The minimum atomic E-state index is -0.0162. The first-order valence-corrected chi connectivity index (χ1v) is 8.19. The topological polar surface area (TPSA) is 47.6 Å². The Kier molecular flexibility index (Phi) is 2.28. The molecule has 1 aliphatic heterocycles. The molecule has 3 heteroatoms. The summed E-state index contributed by atoms with van der Waals surface area (Å²) in [5.74, 6) is 4.25. The summed E-state index contributed by atoms with van der Waals surface area (Å²) < 4.78 is 0.169. The third-order valence-electron chi connectivity index (χ3n) is 6.12. The molecule has 5 aliphatic rings. The molecule has 0 N–H and O–H groups in total. The molecule has 5 fully saturated rings. The molecular formula is C15H18N2S. The second-order valence-electron chi connectivity index (χ2n) is 6.81. The molecule has 1 saturated heterocycles. The highest BCUT2D eigenvalue weighted by molar-refractivity contribution is 8.01. The summed E-state index contributed by atoms with van der Waals surface area (Å²) in [6.07, 6.45) is 6.83. The van der Waals surface area contributed by atoms with Gasteiger partial charge in [0.15, 0.2) is 0 Å². The number of hydrogen-bond acceptors (Lipinski definition) is 3. The molecule has 4 aliphatic carbocycles. The number of nitriles is 2. The molecule has 94 valence electrons. The van der Waals surface area contributed by atoms with Crippen molar-refractivity contribution in [3.63, 3.8) is 0 Å². The van der Waals surface area contributed by atoms with E-state index < -0.39 is 0 Å². The molecule has 5 rings (SSSR count). The fourth-order valence-electron chi connectivity index (χ4n) is 5.70. The van der Waals surface area contributed by atoms with Gasteiger partial charge in [0.2, 0.25) is 0 Å². The van der Waals surface area contributed by atoms with Crippen molar-refractivity contribution in [1.29, 1.82) is 10.5 Å². The number of hydrogen-bond donors (Lipinski definition) is 0. The predicted molar refractivity (Wildman–Crippen MR) is 70.4 cm³/mol. The van der Waals surface area contributed by atoms with E-state index in [2.05, 4.69) is 12.1 Å². The van der Waals surface area contributed by atoms with Crippen LogP contribution in [0.2, 0.25) is 0 Å². The largest absolute Gasteiger partial charge is 0.198 e. The normalized spacial score (nSPS) is 56.6. The van der Waals surface area contributed by atoms with Crippen LogP contribution >= 0.6 is 11.8 Å². The lowest BCUT2D eigenvalue weighted by molar-refractivity contribution is -0.0308. The number of thioether (sulfide) groups is 1. The third kappa shape index (κ3) is 1.19. The van der Waals surface area contributed by atoms with Crippen LogP contribution in [0.25, 0.3) is 0 Å². The van der Waals surface area contributed by atoms with Gasteiger partial charge in [-0.1, -0.05) is 0 Å². The molecule has 0 aromatic rings. The van der Waals surface area contributed by atoms with E-state index in [-0.39, 0.29) is 16.6 Å². The Labute approximate surface area is 113 Å². The molecule has 0 unspecified atom stereocenters. The highest BCUT2D eigenvalue weighted by Gasteiger charge is 2.64. The Morgan fingerprint density at radius 2 is 1.50 bits per heavy atom. The summed E-state index contributed by atoms with van der Waals surface area (Å²) in [5, 5.41) is 18.9. The van der Waals surface area contributed by atoms with E-state index in [1.165, 1.54) is 32.1 Å². The predicted octanol–water partition coefficient (Wildman–Crippen LogP) is 3.21. The molecule has 2 nitrogen and oxygen atoms in total. The van der Waals surface area contributed by atoms with Gasteiger partial charge in [-0.3, -0.25) is 0 Å². The van der Waals surface area contributed by atoms with Crippen molar-refractivity contribution in [3.05, 3.63) is 0 Å². The van der Waals surface area contributed by atoms with Gasteiger partial charge < -0.3 is 0 Å². The highest BCUT2D eigenvalue weighted by atomic mass is 32.2. The molecule has 1 heterocycles. The molecule has 0 radical (unpaired) electrons. The third-order valence-corrected chi connectivity index (χ3v) is 8.07. The van der Waals surface area contributed by atoms with Crippen LogP contribution in [0, 0.1) is 58.2 Å². The maximum atomic E-state index is 9.60. The van der Waals surface area contributed by atoms with Crippen LogP contribution in [-0.4, -0.2) is 10.5 Å². The Hall–Kier alpha value is -0.670. The van der Waals surface area contributed by atoms with E-state index in [0.29, 0.717) is 0 Å². The van der Waals surface area contributed by atoms with E-state index >= 15 is 0 Å². The van der Waals surface area contributed by atoms with E-state index in [1.54, 1.807) is 0 Å². The zero-order chi connectivity index (χ0) is 12.3. The molecule has 0 aromatic heterocycles. The summed E-state index contributed by atoms with van der Waals surface area (Å²) in [6.45, 7) is 0. The molecule has 2 atom stereocenters. The smallest absolute Gasteiger partial charge is 0.0781 e. The fraction of sp³-hybridized carbons (Fsp3) is 0.867. The van der Waals surface area contributed by atoms with Crippen molar-refractivity contribution in [3.8, 4) is 12.1 Å². The van der Waals surface area contributed by atoms with Crippen molar-refractivity contribution in [2.45, 2.75) is 36.9 Å². The fourth-order valence-corrected chi connectivity index (χ4v) is 7.69. The van der Waals surface area contributed by atoms with Gasteiger partial charge >= 0.3 is 0 Å². The Morgan fingerprint density at radius 1 is 0.889 bits per heavy atom. The van der Waals surface area contributed by atoms with Crippen molar-refractivity contribution in [2.75, 3.05) is 5.75 Å². The summed E-state index contributed by atoms with van der Waals surface area (Å²) in [4.78, 5) is 0. The van der Waals surface area contributed by atoms with E-state index in [9.17, 15) is 10.5 Å². The van der Waals surface area contributed by atoms with Crippen molar-refractivity contribution >= 4 is 11.8 Å². The summed E-state index contributed by atoms with van der Waals surface area (Å²) in [7, 11) is 0. The Balaban J connectivity index is 1.76. The molecule has 4 saturated carbocycles. The van der Waals surface area contributed by atoms with E-state index in [4.69, 9.17) is 0 Å². The maximum Gasteiger partial charge on any atom is 0.0781 e. The van der Waals surface area contributed by atoms with Crippen LogP contribution in [-0.2, 0) is 0 Å². The zero-order valence-corrected chi connectivity index (χ0v) is 11.3. The first kappa shape index (κ1) is 11.2. The molecule has 1 spiro atoms. The van der Waals surface area contributed by atoms with Gasteiger partial charge in [0.05, 0.1) is 24.0 Å². The SMILES string of the molecule is N#C[C@@H]1CSC2(C3CC4CC(C3)CC2C4)[C@H]1C#N. The van der Waals surface area contributed by atoms with Gasteiger partial charge in [-0.2, -0.15) is 22.3 Å². The standard InChI is InChI=1S/C15H18N2S/c16-6-11-8-18-15(14(11)7-17)12-2-9-1-10(4-12)5-13(15)3-9/h9-14H,1-5,8H2/t9?,10?,11-,12?,13?,14+,15?/m1/s1. The lowest BCUT2D eigenvalue weighted by Gasteiger charge is -2.60. The van der Waals surface area contributed by atoms with Crippen molar-refractivity contribution in [1.82, 2.24) is 0 Å². The Bertz CT molecular complexity index is 430. The van der Waals surface area contributed by atoms with Gasteiger partial charge in [-0.25, -0.2) is 0 Å². The van der Waals surface area contributed by atoms with Crippen LogP contribution < -0.4 is 0 Å². The lowest BCUT2D eigenvalue weighted by atomic mass is 9.48. The summed E-state index contributed by atoms with van der Waals surface area (Å²) in [5.41, 5.74) is 0. The van der Waals surface area contributed by atoms with E-state index in [0.717, 1.165) is 29.4 Å². The second-order valence-corrected chi connectivity index (χ2v) is 8.14. The molecular weight excluding hydrogens is 240 g/mol. The van der Waals surface area contributed by atoms with Crippen LogP contribution in [0.4, 0.5) is 0 Å². The summed E-state index contributed by atoms with van der Waals surface area (Å²) >= 11 is 2.00. The van der Waals surface area contributed by atoms with Crippen molar-refractivity contribution < 1.29 is 0 Å². The van der Waals surface area contributed by atoms with Gasteiger partial charge in [0.25, 0.3) is 0 Å². The van der Waals surface area contributed by atoms with Crippen molar-refractivity contribution in [2.24, 2.45) is 35.5 Å². The van der Waals surface area contributed by atoms with Crippen LogP contribution in [0.1, 0.15) is 32.1 Å². The van der Waals surface area contributed by atoms with E-state index in [1.807, 2.05) is 11.8 Å². The minimum absolute atomic E-state index is 0.00231. The number of nitrogens with zero attached hydrogens (tertiary/aromatic N) is 2. The zero-order valence-electron chi connectivity index (χ0n) is 10.5. The first-order chi connectivity index (χ1) is 8.77. The average Bonchev–Trinajstić information content (AvgIpc) is 2.74. The quantitative estimate of drug-likeness (QED) is 0.670. The average molecular weight is 258 g/mol. The Morgan fingerprint density at radius 3 is 2.00 bits per heavy atom. The number of rotatable bonds is 0. The molecule has 0 amide bonds. The van der Waals surface area contributed by atoms with Gasteiger partial charge in [-0.15, -0.1) is 0 Å². The van der Waals surface area contributed by atoms with Gasteiger partial charge in [-0.05, 0) is 55.8 Å². The highest BCUT2D eigenvalue weighted by Crippen LogP contribution is 2.68. The monoisotopic (exact) mass is 258 g/mol. The lowest BCUT2D eigenvalue weighted by Crippen LogP contribution is -2.58. The molecule has 4 bridgehead atoms. The van der Waals surface area contributed by atoms with Crippen LogP contribution in [0.3, 0.4) is 0 Å². The van der Waals surface area contributed by atoms with Gasteiger partial charge in [0.1, 0.15) is 0 Å². The van der Waals surface area contributed by atoms with Gasteiger partial charge in [0, 0.05) is 10.5 Å². The molecule has 0 aromatic carbocycles. The maximum absolute atomic E-state index is 9.60. The van der Waals surface area contributed by atoms with Crippen LogP contribution in [0.5, 0.6) is 0 Å². The summed E-state index contributed by atoms with van der Waals surface area (Å²) in [6, 6.07) is 4.95. The minimum Gasteiger partial charge on any atom is -0.198 e.